The van der Waals surface area contributed by atoms with Gasteiger partial charge in [-0.3, -0.25) is 0 Å². The molecule has 3 rings (SSSR count). The number of sulfonamides is 1. The van der Waals surface area contributed by atoms with Crippen LogP contribution in [0.2, 0.25) is 0 Å². The highest BCUT2D eigenvalue weighted by Crippen LogP contribution is 2.34. The van der Waals surface area contributed by atoms with Gasteiger partial charge in [0.1, 0.15) is 12.1 Å². The van der Waals surface area contributed by atoms with Gasteiger partial charge in [-0.05, 0) is 17.7 Å². The van der Waals surface area contributed by atoms with E-state index in [-0.39, 0.29) is 29.9 Å². The predicted molar refractivity (Wildman–Crippen MR) is 80.7 cm³/mol. The molecule has 2 atom stereocenters. The summed E-state index contributed by atoms with van der Waals surface area (Å²) in [5.74, 6) is -1.11. The van der Waals surface area contributed by atoms with E-state index in [1.165, 1.54) is 29.0 Å². The summed E-state index contributed by atoms with van der Waals surface area (Å²) in [7, 11) is -2.06. The van der Waals surface area contributed by atoms with Crippen LogP contribution in [0.25, 0.3) is 0 Å². The van der Waals surface area contributed by atoms with Crippen LogP contribution in [-0.2, 0) is 21.9 Å². The van der Waals surface area contributed by atoms with Crippen molar-refractivity contribution in [1.82, 2.24) is 13.9 Å². The fraction of sp³-hybridized carbons (Fsp3) is 0.333. The number of halogens is 1. The molecular weight excluding hydrogens is 321 g/mol. The quantitative estimate of drug-likeness (QED) is 0.785. The Morgan fingerprint density at radius 3 is 2.52 bits per heavy atom. The van der Waals surface area contributed by atoms with Crippen molar-refractivity contribution in [3.8, 4) is 0 Å². The van der Waals surface area contributed by atoms with Gasteiger partial charge in [-0.1, -0.05) is 12.1 Å². The fourth-order valence-electron chi connectivity index (χ4n) is 2.84. The molecule has 0 N–H and O–H groups in total. The molecular formula is C15H16FN3O3S. The molecule has 0 amide bonds. The summed E-state index contributed by atoms with van der Waals surface area (Å²) in [6.45, 7) is 0.276. The first-order valence-electron chi connectivity index (χ1n) is 7.10. The number of rotatable bonds is 4. The number of benzene rings is 1. The van der Waals surface area contributed by atoms with Crippen LogP contribution in [0.15, 0.2) is 41.8 Å². The zero-order valence-corrected chi connectivity index (χ0v) is 13.3. The van der Waals surface area contributed by atoms with Gasteiger partial charge in [0.2, 0.25) is 0 Å². The van der Waals surface area contributed by atoms with Gasteiger partial charge in [-0.2, -0.15) is 4.31 Å². The number of hydrogen-bond acceptors (Lipinski definition) is 4. The lowest BCUT2D eigenvalue weighted by atomic mass is 9.90. The first-order chi connectivity index (χ1) is 10.9. The minimum Gasteiger partial charge on any atom is -0.339 e. The molecule has 1 saturated heterocycles. The molecule has 1 fully saturated rings. The summed E-state index contributed by atoms with van der Waals surface area (Å²) in [6.07, 6.45) is 3.61. The second-order valence-corrected chi connectivity index (χ2v) is 7.54. The normalized spacial score (nSPS) is 22.3. The average Bonchev–Trinajstić information content (AvgIpc) is 3.15. The molecule has 1 aromatic heterocycles. The number of imidazole rings is 1. The number of aryl methyl sites for hydroxylation is 1. The summed E-state index contributed by atoms with van der Waals surface area (Å²) in [4.78, 5) is 15.2. The van der Waals surface area contributed by atoms with Crippen LogP contribution >= 0.6 is 0 Å². The van der Waals surface area contributed by atoms with E-state index in [1.807, 2.05) is 0 Å². The minimum atomic E-state index is -3.74. The van der Waals surface area contributed by atoms with Crippen molar-refractivity contribution >= 4 is 16.3 Å². The van der Waals surface area contributed by atoms with Crippen molar-refractivity contribution < 1.29 is 17.6 Å². The topological polar surface area (TPSA) is 72.3 Å². The molecule has 2 aromatic rings. The lowest BCUT2D eigenvalue weighted by Crippen LogP contribution is -2.29. The molecule has 122 valence electrons. The third-order valence-electron chi connectivity index (χ3n) is 4.09. The second kappa shape index (κ2) is 5.86. The van der Waals surface area contributed by atoms with E-state index in [1.54, 1.807) is 23.7 Å². The Labute approximate surface area is 133 Å². The number of hydrogen-bond donors (Lipinski definition) is 0. The van der Waals surface area contributed by atoms with E-state index in [9.17, 15) is 17.6 Å². The summed E-state index contributed by atoms with van der Waals surface area (Å²) in [6, 6.07) is 5.81. The molecule has 23 heavy (non-hydrogen) atoms. The summed E-state index contributed by atoms with van der Waals surface area (Å²) >= 11 is 0. The van der Waals surface area contributed by atoms with E-state index < -0.39 is 15.9 Å². The molecule has 1 aliphatic rings. The third-order valence-corrected chi connectivity index (χ3v) is 5.81. The van der Waals surface area contributed by atoms with Gasteiger partial charge < -0.3 is 9.36 Å². The Kier molecular flexibility index (Phi) is 4.03. The number of nitrogens with zero attached hydrogens (tertiary/aromatic N) is 3. The van der Waals surface area contributed by atoms with Crippen molar-refractivity contribution in [2.75, 3.05) is 13.1 Å². The Morgan fingerprint density at radius 2 is 1.96 bits per heavy atom. The monoisotopic (exact) mass is 337 g/mol. The standard InChI is InChI=1S/C15H16FN3O3S/c1-18-8-15(17-10-18)23(21,22)19-6-12(9-20)14(7-19)11-2-4-13(16)5-3-11/h2-5,8-10,12,14H,6-7H2,1H3. The Balaban J connectivity index is 1.89. The predicted octanol–water partition coefficient (Wildman–Crippen LogP) is 1.16. The van der Waals surface area contributed by atoms with Gasteiger partial charge in [-0.25, -0.2) is 17.8 Å². The maximum Gasteiger partial charge on any atom is 0.262 e. The molecule has 1 aliphatic heterocycles. The molecule has 8 heteroatoms. The van der Waals surface area contributed by atoms with Crippen LogP contribution in [0.1, 0.15) is 11.5 Å². The lowest BCUT2D eigenvalue weighted by molar-refractivity contribution is -0.111. The maximum absolute atomic E-state index is 13.1. The number of carbonyl (C=O) groups is 1. The molecule has 6 nitrogen and oxygen atoms in total. The van der Waals surface area contributed by atoms with Gasteiger partial charge in [0.25, 0.3) is 10.0 Å². The molecule has 2 unspecified atom stereocenters. The second-order valence-electron chi connectivity index (χ2n) is 5.66. The van der Waals surface area contributed by atoms with Crippen molar-refractivity contribution in [2.45, 2.75) is 10.9 Å². The van der Waals surface area contributed by atoms with Crippen LogP contribution in [0, 0.1) is 11.7 Å². The van der Waals surface area contributed by atoms with Gasteiger partial charge in [0.15, 0.2) is 5.03 Å². The van der Waals surface area contributed by atoms with E-state index in [0.717, 1.165) is 11.8 Å². The van der Waals surface area contributed by atoms with Crippen LogP contribution in [-0.4, -0.2) is 41.6 Å². The first kappa shape index (κ1) is 15.8. The lowest BCUT2D eigenvalue weighted by Gasteiger charge is -2.15. The Bertz CT molecular complexity index is 817. The summed E-state index contributed by atoms with van der Waals surface area (Å²) in [5, 5.41) is -0.0376. The molecule has 2 heterocycles. The fourth-order valence-corrected chi connectivity index (χ4v) is 4.31. The number of carbonyl (C=O) groups excluding carboxylic acids is 1. The van der Waals surface area contributed by atoms with E-state index in [4.69, 9.17) is 0 Å². The highest BCUT2D eigenvalue weighted by atomic mass is 32.2. The van der Waals surface area contributed by atoms with Gasteiger partial charge >= 0.3 is 0 Å². The van der Waals surface area contributed by atoms with E-state index >= 15 is 0 Å². The molecule has 0 radical (unpaired) electrons. The molecule has 0 aliphatic carbocycles. The van der Waals surface area contributed by atoms with Crippen molar-refractivity contribution in [3.05, 3.63) is 48.2 Å². The van der Waals surface area contributed by atoms with Crippen molar-refractivity contribution in [3.63, 3.8) is 0 Å². The zero-order chi connectivity index (χ0) is 16.6. The van der Waals surface area contributed by atoms with Crippen LogP contribution in [0.3, 0.4) is 0 Å². The molecule has 0 spiro atoms. The average molecular weight is 337 g/mol. The molecule has 0 bridgehead atoms. The van der Waals surface area contributed by atoms with Crippen LogP contribution < -0.4 is 0 Å². The third kappa shape index (κ3) is 2.91. The Morgan fingerprint density at radius 1 is 1.26 bits per heavy atom. The van der Waals surface area contributed by atoms with E-state index in [0.29, 0.717) is 0 Å². The van der Waals surface area contributed by atoms with Gasteiger partial charge in [0.05, 0.1) is 6.33 Å². The minimum absolute atomic E-state index is 0.0376. The smallest absolute Gasteiger partial charge is 0.262 e. The Hall–Kier alpha value is -2.06. The highest BCUT2D eigenvalue weighted by molar-refractivity contribution is 7.89. The molecule has 1 aromatic carbocycles. The highest BCUT2D eigenvalue weighted by Gasteiger charge is 2.40. The molecule has 0 saturated carbocycles. The SMILES string of the molecule is Cn1cnc(S(=O)(=O)N2CC(C=O)C(c3ccc(F)cc3)C2)c1. The largest absolute Gasteiger partial charge is 0.339 e. The zero-order valence-electron chi connectivity index (χ0n) is 12.5. The van der Waals surface area contributed by atoms with Crippen molar-refractivity contribution in [2.24, 2.45) is 13.0 Å². The number of aldehydes is 1. The van der Waals surface area contributed by atoms with E-state index in [2.05, 4.69) is 4.98 Å². The van der Waals surface area contributed by atoms with Crippen LogP contribution in [0.5, 0.6) is 0 Å². The van der Waals surface area contributed by atoms with Gasteiger partial charge in [0, 0.05) is 38.2 Å². The number of aromatic nitrogens is 2. The van der Waals surface area contributed by atoms with Gasteiger partial charge in [-0.15, -0.1) is 0 Å². The first-order valence-corrected chi connectivity index (χ1v) is 8.54. The summed E-state index contributed by atoms with van der Waals surface area (Å²) < 4.78 is 41.1. The summed E-state index contributed by atoms with van der Waals surface area (Å²) in [5.41, 5.74) is 0.752. The van der Waals surface area contributed by atoms with Crippen LogP contribution in [0.4, 0.5) is 4.39 Å². The maximum atomic E-state index is 13.1. The van der Waals surface area contributed by atoms with Crippen molar-refractivity contribution in [1.29, 1.82) is 0 Å².